The summed E-state index contributed by atoms with van der Waals surface area (Å²) in [5.41, 5.74) is 0. The molecule has 3 unspecified atom stereocenters. The van der Waals surface area contributed by atoms with Gasteiger partial charge in [0.1, 0.15) is 0 Å². The second-order valence-corrected chi connectivity index (χ2v) is 4.73. The van der Waals surface area contributed by atoms with Gasteiger partial charge in [0.2, 0.25) is 0 Å². The second kappa shape index (κ2) is 3.65. The molecule has 0 aromatic heterocycles. The van der Waals surface area contributed by atoms with Crippen molar-refractivity contribution in [2.75, 3.05) is 0 Å². The van der Waals surface area contributed by atoms with E-state index in [9.17, 15) is 0 Å². The summed E-state index contributed by atoms with van der Waals surface area (Å²) in [5, 5.41) is 0. The fraction of sp³-hybridized carbons (Fsp3) is 0.750. The number of aliphatic imine (C=N–C) groups is 1. The van der Waals surface area contributed by atoms with Crippen LogP contribution in [0.1, 0.15) is 33.1 Å². The lowest BCUT2D eigenvalue weighted by atomic mass is 9.73. The van der Waals surface area contributed by atoms with Gasteiger partial charge in [-0.05, 0) is 43.1 Å². The minimum absolute atomic E-state index is 0.611. The maximum atomic E-state index is 4.53. The summed E-state index contributed by atoms with van der Waals surface area (Å²) < 4.78 is 0. The van der Waals surface area contributed by atoms with Crippen LogP contribution in [0.15, 0.2) is 17.1 Å². The van der Waals surface area contributed by atoms with Gasteiger partial charge in [0.05, 0.1) is 6.04 Å². The van der Waals surface area contributed by atoms with Crippen LogP contribution >= 0.6 is 0 Å². The quantitative estimate of drug-likeness (QED) is 0.583. The third-order valence-electron chi connectivity index (χ3n) is 3.57. The molecule has 3 atom stereocenters. The van der Waals surface area contributed by atoms with Gasteiger partial charge in [-0.2, -0.15) is 0 Å². The summed E-state index contributed by atoms with van der Waals surface area (Å²) in [6, 6.07) is 0.611. The van der Waals surface area contributed by atoms with Crippen molar-refractivity contribution in [1.29, 1.82) is 0 Å². The van der Waals surface area contributed by atoms with E-state index in [-0.39, 0.29) is 0 Å². The van der Waals surface area contributed by atoms with Crippen molar-refractivity contribution < 1.29 is 0 Å². The normalized spacial score (nSPS) is 37.9. The van der Waals surface area contributed by atoms with Crippen LogP contribution in [0, 0.1) is 17.8 Å². The van der Waals surface area contributed by atoms with Gasteiger partial charge in [-0.3, -0.25) is 4.99 Å². The topological polar surface area (TPSA) is 12.4 Å². The Hall–Kier alpha value is -0.590. The standard InChI is InChI=1S/C12H19N/c1-9(2)10-5-6-12-11(8-10)4-3-7-13-12/h3-4,7,9-12H,5-6,8H2,1-2H3. The van der Waals surface area contributed by atoms with Gasteiger partial charge >= 0.3 is 0 Å². The molecule has 1 nitrogen and oxygen atoms in total. The Balaban J connectivity index is 2.00. The Morgan fingerprint density at radius 3 is 2.92 bits per heavy atom. The Morgan fingerprint density at radius 2 is 2.15 bits per heavy atom. The second-order valence-electron chi connectivity index (χ2n) is 4.73. The van der Waals surface area contributed by atoms with Gasteiger partial charge in [0.25, 0.3) is 0 Å². The number of allylic oxidation sites excluding steroid dienone is 1. The zero-order valence-corrected chi connectivity index (χ0v) is 8.61. The van der Waals surface area contributed by atoms with E-state index in [0.29, 0.717) is 6.04 Å². The van der Waals surface area contributed by atoms with Gasteiger partial charge in [0, 0.05) is 6.21 Å². The number of rotatable bonds is 1. The average molecular weight is 177 g/mol. The summed E-state index contributed by atoms with van der Waals surface area (Å²) >= 11 is 0. The van der Waals surface area contributed by atoms with Gasteiger partial charge in [-0.15, -0.1) is 0 Å². The van der Waals surface area contributed by atoms with Gasteiger partial charge in [-0.25, -0.2) is 0 Å². The lowest BCUT2D eigenvalue weighted by molar-refractivity contribution is 0.219. The van der Waals surface area contributed by atoms with Crippen LogP contribution in [0.5, 0.6) is 0 Å². The molecule has 72 valence electrons. The minimum atomic E-state index is 0.611. The highest BCUT2D eigenvalue weighted by molar-refractivity contribution is 5.72. The summed E-state index contributed by atoms with van der Waals surface area (Å²) in [6.07, 6.45) is 10.5. The summed E-state index contributed by atoms with van der Waals surface area (Å²) in [4.78, 5) is 4.53. The van der Waals surface area contributed by atoms with E-state index in [4.69, 9.17) is 0 Å². The van der Waals surface area contributed by atoms with Gasteiger partial charge in [-0.1, -0.05) is 19.9 Å². The zero-order chi connectivity index (χ0) is 9.26. The van der Waals surface area contributed by atoms with Gasteiger partial charge < -0.3 is 0 Å². The van der Waals surface area contributed by atoms with E-state index < -0.39 is 0 Å². The molecule has 1 heterocycles. The largest absolute Gasteiger partial charge is 0.289 e. The number of nitrogens with zero attached hydrogens (tertiary/aromatic N) is 1. The van der Waals surface area contributed by atoms with E-state index >= 15 is 0 Å². The molecule has 13 heavy (non-hydrogen) atoms. The Morgan fingerprint density at radius 1 is 1.31 bits per heavy atom. The monoisotopic (exact) mass is 177 g/mol. The van der Waals surface area contributed by atoms with Crippen molar-refractivity contribution in [3.63, 3.8) is 0 Å². The Kier molecular flexibility index (Phi) is 2.52. The first-order chi connectivity index (χ1) is 6.27. The molecule has 0 spiro atoms. The van der Waals surface area contributed by atoms with Crippen LogP contribution in [-0.4, -0.2) is 12.3 Å². The molecule has 0 amide bonds. The first-order valence-corrected chi connectivity index (χ1v) is 5.47. The van der Waals surface area contributed by atoms with E-state index in [0.717, 1.165) is 17.8 Å². The molecule has 1 aliphatic carbocycles. The molecule has 1 aliphatic heterocycles. The fourth-order valence-electron chi connectivity index (χ4n) is 2.57. The molecule has 2 rings (SSSR count). The maximum Gasteiger partial charge on any atom is 0.0562 e. The maximum absolute atomic E-state index is 4.53. The van der Waals surface area contributed by atoms with Gasteiger partial charge in [0.15, 0.2) is 0 Å². The van der Waals surface area contributed by atoms with Crippen molar-refractivity contribution in [1.82, 2.24) is 0 Å². The number of fused-ring (bicyclic) bond motifs is 1. The first kappa shape index (κ1) is 8.98. The molecular weight excluding hydrogens is 158 g/mol. The summed E-state index contributed by atoms with van der Waals surface area (Å²) in [6.45, 7) is 4.70. The molecule has 0 radical (unpaired) electrons. The SMILES string of the molecule is CC(C)C1CCC2N=CC=CC2C1. The van der Waals surface area contributed by atoms with Crippen molar-refractivity contribution in [3.05, 3.63) is 12.2 Å². The highest BCUT2D eigenvalue weighted by Gasteiger charge is 2.30. The van der Waals surface area contributed by atoms with Crippen molar-refractivity contribution in [3.8, 4) is 0 Å². The van der Waals surface area contributed by atoms with E-state index in [2.05, 4.69) is 31.0 Å². The molecule has 1 fully saturated rings. The lowest BCUT2D eigenvalue weighted by Crippen LogP contribution is -2.30. The highest BCUT2D eigenvalue weighted by Crippen LogP contribution is 2.36. The molecule has 2 aliphatic rings. The van der Waals surface area contributed by atoms with Crippen LogP contribution in [0.25, 0.3) is 0 Å². The fourth-order valence-corrected chi connectivity index (χ4v) is 2.57. The predicted octanol–water partition coefficient (Wildman–Crippen LogP) is 3.07. The van der Waals surface area contributed by atoms with Crippen LogP contribution in [-0.2, 0) is 0 Å². The molecule has 0 aromatic carbocycles. The number of hydrogen-bond acceptors (Lipinski definition) is 1. The summed E-state index contributed by atoms with van der Waals surface area (Å²) in [5.74, 6) is 2.52. The first-order valence-electron chi connectivity index (χ1n) is 5.47. The molecule has 0 bridgehead atoms. The molecule has 0 aromatic rings. The van der Waals surface area contributed by atoms with Crippen LogP contribution in [0.4, 0.5) is 0 Å². The molecular formula is C12H19N. The zero-order valence-electron chi connectivity index (χ0n) is 8.61. The van der Waals surface area contributed by atoms with Crippen LogP contribution in [0.3, 0.4) is 0 Å². The molecule has 0 N–H and O–H groups in total. The molecule has 1 heteroatoms. The van der Waals surface area contributed by atoms with E-state index in [1.807, 2.05) is 6.21 Å². The van der Waals surface area contributed by atoms with E-state index in [1.54, 1.807) is 0 Å². The Labute approximate surface area is 80.9 Å². The molecule has 0 saturated heterocycles. The third-order valence-corrected chi connectivity index (χ3v) is 3.57. The van der Waals surface area contributed by atoms with E-state index in [1.165, 1.54) is 19.3 Å². The Bertz CT molecular complexity index is 227. The van der Waals surface area contributed by atoms with Crippen molar-refractivity contribution in [2.45, 2.75) is 39.2 Å². The lowest BCUT2D eigenvalue weighted by Gasteiger charge is -2.35. The van der Waals surface area contributed by atoms with Crippen LogP contribution in [0.2, 0.25) is 0 Å². The van der Waals surface area contributed by atoms with Crippen LogP contribution < -0.4 is 0 Å². The number of dihydropyridines is 1. The number of hydrogen-bond donors (Lipinski definition) is 0. The highest BCUT2D eigenvalue weighted by atomic mass is 14.8. The smallest absolute Gasteiger partial charge is 0.0562 e. The minimum Gasteiger partial charge on any atom is -0.289 e. The average Bonchev–Trinajstić information content (AvgIpc) is 2.17. The van der Waals surface area contributed by atoms with Crippen molar-refractivity contribution in [2.24, 2.45) is 22.7 Å². The molecule has 1 saturated carbocycles. The third kappa shape index (κ3) is 1.84. The van der Waals surface area contributed by atoms with Crippen molar-refractivity contribution >= 4 is 6.21 Å². The predicted molar refractivity (Wildman–Crippen MR) is 57.1 cm³/mol. The summed E-state index contributed by atoms with van der Waals surface area (Å²) in [7, 11) is 0.